The van der Waals surface area contributed by atoms with Crippen LogP contribution in [0.15, 0.2) is 48.8 Å². The summed E-state index contributed by atoms with van der Waals surface area (Å²) in [5.74, 6) is -0.215. The maximum atomic E-state index is 12.9. The minimum Gasteiger partial charge on any atom is -0.326 e. The van der Waals surface area contributed by atoms with Crippen molar-refractivity contribution in [3.8, 4) is 0 Å². The van der Waals surface area contributed by atoms with Gasteiger partial charge in [-0.1, -0.05) is 18.2 Å². The second kappa shape index (κ2) is 6.59. The smallest absolute Gasteiger partial charge is 0.123 e. The molecule has 3 nitrogen and oxygen atoms in total. The Morgan fingerprint density at radius 1 is 1.25 bits per heavy atom. The summed E-state index contributed by atoms with van der Waals surface area (Å²) < 4.78 is 12.9. The predicted molar refractivity (Wildman–Crippen MR) is 78.5 cm³/mol. The molecule has 20 heavy (non-hydrogen) atoms. The monoisotopic (exact) mass is 273 g/mol. The van der Waals surface area contributed by atoms with E-state index in [0.29, 0.717) is 6.54 Å². The third kappa shape index (κ3) is 3.62. The van der Waals surface area contributed by atoms with Crippen LogP contribution < -0.4 is 5.73 Å². The van der Waals surface area contributed by atoms with Gasteiger partial charge in [-0.3, -0.25) is 9.88 Å². The molecule has 2 aromatic rings. The lowest BCUT2D eigenvalue weighted by molar-refractivity contribution is 0.210. The van der Waals surface area contributed by atoms with Crippen LogP contribution in [0.4, 0.5) is 4.39 Å². The summed E-state index contributed by atoms with van der Waals surface area (Å²) in [6.45, 7) is 2.69. The van der Waals surface area contributed by atoms with E-state index >= 15 is 0 Å². The van der Waals surface area contributed by atoms with E-state index in [-0.39, 0.29) is 17.9 Å². The predicted octanol–water partition coefficient (Wildman–Crippen LogP) is 2.74. The summed E-state index contributed by atoms with van der Waals surface area (Å²) in [6.07, 6.45) is 3.59. The Bertz CT molecular complexity index is 525. The molecule has 0 spiro atoms. The van der Waals surface area contributed by atoms with Crippen LogP contribution in [0.2, 0.25) is 0 Å². The number of aromatic nitrogens is 1. The van der Waals surface area contributed by atoms with Crippen LogP contribution in [0.25, 0.3) is 0 Å². The molecule has 106 valence electrons. The molecule has 0 radical (unpaired) electrons. The van der Waals surface area contributed by atoms with Crippen LogP contribution in [0.5, 0.6) is 0 Å². The Morgan fingerprint density at radius 2 is 1.95 bits per heavy atom. The van der Waals surface area contributed by atoms with Crippen molar-refractivity contribution in [3.63, 3.8) is 0 Å². The summed E-state index contributed by atoms with van der Waals surface area (Å²) in [6, 6.07) is 10.6. The average molecular weight is 273 g/mol. The number of pyridine rings is 1. The number of likely N-dealkylation sites (N-methyl/N-ethyl adjacent to an activating group) is 1. The molecule has 0 saturated heterocycles. The van der Waals surface area contributed by atoms with E-state index in [1.165, 1.54) is 12.1 Å². The molecule has 0 saturated carbocycles. The number of rotatable bonds is 5. The second-order valence-electron chi connectivity index (χ2n) is 5.13. The zero-order chi connectivity index (χ0) is 14.5. The Balaban J connectivity index is 2.15. The largest absolute Gasteiger partial charge is 0.326 e. The van der Waals surface area contributed by atoms with Gasteiger partial charge in [0.2, 0.25) is 0 Å². The van der Waals surface area contributed by atoms with Crippen molar-refractivity contribution in [3.05, 3.63) is 65.7 Å². The molecular weight excluding hydrogens is 253 g/mol. The first-order chi connectivity index (χ1) is 9.58. The molecule has 0 fully saturated rings. The van der Waals surface area contributed by atoms with Crippen molar-refractivity contribution in [1.82, 2.24) is 9.88 Å². The van der Waals surface area contributed by atoms with E-state index in [2.05, 4.69) is 9.88 Å². The molecule has 0 aliphatic heterocycles. The van der Waals surface area contributed by atoms with Crippen LogP contribution in [-0.2, 0) is 6.54 Å². The molecule has 1 heterocycles. The number of hydrogen-bond donors (Lipinski definition) is 1. The lowest BCUT2D eigenvalue weighted by atomic mass is 10.0. The first kappa shape index (κ1) is 14.6. The Hall–Kier alpha value is -1.78. The van der Waals surface area contributed by atoms with Crippen LogP contribution >= 0.6 is 0 Å². The zero-order valence-corrected chi connectivity index (χ0v) is 11.8. The molecule has 0 aliphatic carbocycles. The van der Waals surface area contributed by atoms with Crippen LogP contribution in [0, 0.1) is 5.82 Å². The van der Waals surface area contributed by atoms with Crippen molar-refractivity contribution >= 4 is 0 Å². The maximum Gasteiger partial charge on any atom is 0.123 e. The molecule has 1 aromatic carbocycles. The molecule has 1 aromatic heterocycles. The fraction of sp³-hybridized carbons (Fsp3) is 0.312. The molecule has 0 bridgehead atoms. The van der Waals surface area contributed by atoms with Crippen LogP contribution in [0.1, 0.15) is 24.1 Å². The van der Waals surface area contributed by atoms with Gasteiger partial charge in [-0.25, -0.2) is 4.39 Å². The summed E-state index contributed by atoms with van der Waals surface area (Å²) in [5.41, 5.74) is 8.27. The highest BCUT2D eigenvalue weighted by atomic mass is 19.1. The summed E-state index contributed by atoms with van der Waals surface area (Å²) in [4.78, 5) is 6.32. The van der Waals surface area contributed by atoms with Gasteiger partial charge < -0.3 is 5.73 Å². The number of nitrogens with two attached hydrogens (primary N) is 1. The zero-order valence-electron chi connectivity index (χ0n) is 11.8. The van der Waals surface area contributed by atoms with E-state index in [1.807, 2.05) is 32.3 Å². The van der Waals surface area contributed by atoms with Crippen molar-refractivity contribution in [2.24, 2.45) is 5.73 Å². The van der Waals surface area contributed by atoms with Gasteiger partial charge in [0.15, 0.2) is 0 Å². The van der Waals surface area contributed by atoms with Gasteiger partial charge in [0.05, 0.1) is 6.04 Å². The lowest BCUT2D eigenvalue weighted by Gasteiger charge is -2.31. The maximum absolute atomic E-state index is 12.9. The Kier molecular flexibility index (Phi) is 4.82. The van der Waals surface area contributed by atoms with Gasteiger partial charge in [0.1, 0.15) is 5.82 Å². The van der Waals surface area contributed by atoms with E-state index in [1.54, 1.807) is 18.3 Å². The van der Waals surface area contributed by atoms with Gasteiger partial charge in [-0.05, 0) is 43.3 Å². The van der Waals surface area contributed by atoms with E-state index < -0.39 is 0 Å². The van der Waals surface area contributed by atoms with Crippen molar-refractivity contribution in [2.75, 3.05) is 7.05 Å². The van der Waals surface area contributed by atoms with E-state index in [0.717, 1.165) is 11.1 Å². The number of benzene rings is 1. The van der Waals surface area contributed by atoms with Crippen LogP contribution in [0.3, 0.4) is 0 Å². The van der Waals surface area contributed by atoms with E-state index in [4.69, 9.17) is 5.73 Å². The van der Waals surface area contributed by atoms with Crippen molar-refractivity contribution in [1.29, 1.82) is 0 Å². The Morgan fingerprint density at radius 3 is 2.50 bits per heavy atom. The average Bonchev–Trinajstić information content (AvgIpc) is 2.42. The number of hydrogen-bond acceptors (Lipinski definition) is 3. The summed E-state index contributed by atoms with van der Waals surface area (Å²) >= 11 is 0. The highest BCUT2D eigenvalue weighted by Gasteiger charge is 2.21. The normalized spacial score (nSPS) is 14.2. The molecule has 4 heteroatoms. The topological polar surface area (TPSA) is 42.1 Å². The summed E-state index contributed by atoms with van der Waals surface area (Å²) in [7, 11) is 2.02. The van der Waals surface area contributed by atoms with Gasteiger partial charge in [0, 0.05) is 25.0 Å². The molecule has 2 unspecified atom stereocenters. The molecule has 0 amide bonds. The molecule has 2 N–H and O–H groups in total. The highest BCUT2D eigenvalue weighted by Crippen LogP contribution is 2.23. The third-order valence-corrected chi connectivity index (χ3v) is 3.34. The fourth-order valence-electron chi connectivity index (χ4n) is 2.49. The number of halogens is 1. The first-order valence-electron chi connectivity index (χ1n) is 6.68. The molecule has 2 rings (SSSR count). The van der Waals surface area contributed by atoms with Crippen LogP contribution in [-0.4, -0.2) is 23.0 Å². The SMILES string of the molecule is CC(N)C(c1cccnc1)N(C)Cc1ccc(F)cc1. The van der Waals surface area contributed by atoms with Gasteiger partial charge in [0.25, 0.3) is 0 Å². The first-order valence-corrected chi connectivity index (χ1v) is 6.68. The van der Waals surface area contributed by atoms with Gasteiger partial charge in [-0.15, -0.1) is 0 Å². The number of nitrogens with zero attached hydrogens (tertiary/aromatic N) is 2. The van der Waals surface area contributed by atoms with Gasteiger partial charge in [-0.2, -0.15) is 0 Å². The standard InChI is InChI=1S/C16H20FN3/c1-12(18)16(14-4-3-9-19-10-14)20(2)11-13-5-7-15(17)8-6-13/h3-10,12,16H,11,18H2,1-2H3. The minimum absolute atomic E-state index is 0.0235. The van der Waals surface area contributed by atoms with Crippen molar-refractivity contribution in [2.45, 2.75) is 25.6 Å². The van der Waals surface area contributed by atoms with Gasteiger partial charge >= 0.3 is 0 Å². The second-order valence-corrected chi connectivity index (χ2v) is 5.13. The summed E-state index contributed by atoms with van der Waals surface area (Å²) in [5, 5.41) is 0. The lowest BCUT2D eigenvalue weighted by Crippen LogP contribution is -2.37. The minimum atomic E-state index is -0.215. The Labute approximate surface area is 119 Å². The van der Waals surface area contributed by atoms with Crippen molar-refractivity contribution < 1.29 is 4.39 Å². The molecular formula is C16H20FN3. The molecule has 2 atom stereocenters. The fourth-order valence-corrected chi connectivity index (χ4v) is 2.49. The molecule has 0 aliphatic rings. The van der Waals surface area contributed by atoms with E-state index in [9.17, 15) is 4.39 Å². The third-order valence-electron chi connectivity index (χ3n) is 3.34. The highest BCUT2D eigenvalue weighted by molar-refractivity contribution is 5.19. The quantitative estimate of drug-likeness (QED) is 0.911.